The summed E-state index contributed by atoms with van der Waals surface area (Å²) in [5.41, 5.74) is 0.899. The summed E-state index contributed by atoms with van der Waals surface area (Å²) in [6, 6.07) is 5.69. The van der Waals surface area contributed by atoms with Crippen LogP contribution in [0.25, 0.3) is 6.08 Å². The molecule has 7 heteroatoms. The van der Waals surface area contributed by atoms with Crippen LogP contribution in [0.3, 0.4) is 0 Å². The Morgan fingerprint density at radius 1 is 1.17 bits per heavy atom. The Hall–Kier alpha value is -2.83. The number of hydrogen-bond donors (Lipinski definition) is 0. The van der Waals surface area contributed by atoms with Gasteiger partial charge in [0.1, 0.15) is 5.82 Å². The maximum absolute atomic E-state index is 13.0. The fourth-order valence-electron chi connectivity index (χ4n) is 4.38. The lowest BCUT2D eigenvalue weighted by Gasteiger charge is -2.23. The van der Waals surface area contributed by atoms with Crippen LogP contribution in [0.2, 0.25) is 0 Å². The van der Waals surface area contributed by atoms with Gasteiger partial charge in [-0.05, 0) is 56.4 Å². The second kappa shape index (κ2) is 9.32. The van der Waals surface area contributed by atoms with E-state index in [-0.39, 0.29) is 11.9 Å². The van der Waals surface area contributed by atoms with Crippen molar-refractivity contribution in [3.05, 3.63) is 41.5 Å². The molecule has 0 radical (unpaired) electrons. The van der Waals surface area contributed by atoms with Crippen molar-refractivity contribution in [1.29, 1.82) is 0 Å². The smallest absolute Gasteiger partial charge is 0.247 e. The first kappa shape index (κ1) is 20.4. The molecule has 2 aromatic rings. The van der Waals surface area contributed by atoms with Gasteiger partial charge in [0.05, 0.1) is 19.8 Å². The molecule has 1 amide bonds. The molecule has 30 heavy (non-hydrogen) atoms. The van der Waals surface area contributed by atoms with E-state index in [0.717, 1.165) is 56.0 Å². The van der Waals surface area contributed by atoms with Gasteiger partial charge in [0.2, 0.25) is 5.91 Å². The van der Waals surface area contributed by atoms with Gasteiger partial charge in [-0.3, -0.25) is 4.79 Å². The van der Waals surface area contributed by atoms with Crippen molar-refractivity contribution in [2.75, 3.05) is 20.3 Å². The molecule has 1 unspecified atom stereocenters. The van der Waals surface area contributed by atoms with E-state index in [0.29, 0.717) is 18.1 Å². The Bertz CT molecular complexity index is 921. The van der Waals surface area contributed by atoms with Crippen LogP contribution in [0.1, 0.15) is 62.3 Å². The second-order valence-corrected chi connectivity index (χ2v) is 7.80. The standard InChI is InChI=1S/C23H30N4O3/c1-3-30-19-12-10-17(16-20(19)29-2)11-13-22(28)26-15-7-8-18(26)23-25-24-21-9-5-4-6-14-27(21)23/h10-13,16,18H,3-9,14-15H2,1-2H3/b13-11+. The van der Waals surface area contributed by atoms with Crippen molar-refractivity contribution in [2.24, 2.45) is 0 Å². The van der Waals surface area contributed by atoms with Gasteiger partial charge in [-0.2, -0.15) is 0 Å². The molecule has 1 saturated heterocycles. The van der Waals surface area contributed by atoms with Gasteiger partial charge in [0.25, 0.3) is 0 Å². The third-order valence-electron chi connectivity index (χ3n) is 5.88. The normalized spacial score (nSPS) is 19.0. The molecule has 1 atom stereocenters. The molecule has 1 aromatic heterocycles. The number of nitrogens with zero attached hydrogens (tertiary/aromatic N) is 4. The van der Waals surface area contributed by atoms with E-state index in [1.165, 1.54) is 12.8 Å². The van der Waals surface area contributed by atoms with Crippen LogP contribution in [0.15, 0.2) is 24.3 Å². The maximum atomic E-state index is 13.0. The largest absolute Gasteiger partial charge is 0.493 e. The SMILES string of the molecule is CCOc1ccc(/C=C/C(=O)N2CCCC2c2nnc3n2CCCCC3)cc1OC. The number of fused-ring (bicyclic) bond motifs is 1. The number of carbonyl (C=O) groups excluding carboxylic acids is 1. The average Bonchev–Trinajstić information content (AvgIpc) is 3.33. The Kier molecular flexibility index (Phi) is 6.35. The van der Waals surface area contributed by atoms with E-state index in [1.54, 1.807) is 13.2 Å². The lowest BCUT2D eigenvalue weighted by molar-refractivity contribution is -0.127. The number of likely N-dealkylation sites (tertiary alicyclic amines) is 1. The molecule has 2 aliphatic rings. The number of rotatable bonds is 6. The van der Waals surface area contributed by atoms with Crippen LogP contribution in [0.4, 0.5) is 0 Å². The van der Waals surface area contributed by atoms with Gasteiger partial charge in [-0.1, -0.05) is 12.5 Å². The van der Waals surface area contributed by atoms with Crippen molar-refractivity contribution >= 4 is 12.0 Å². The highest BCUT2D eigenvalue weighted by Gasteiger charge is 2.33. The summed E-state index contributed by atoms with van der Waals surface area (Å²) in [7, 11) is 1.62. The predicted molar refractivity (Wildman–Crippen MR) is 114 cm³/mol. The Morgan fingerprint density at radius 2 is 2.07 bits per heavy atom. The van der Waals surface area contributed by atoms with Gasteiger partial charge in [0.15, 0.2) is 17.3 Å². The molecule has 3 heterocycles. The summed E-state index contributed by atoms with van der Waals surface area (Å²) < 4.78 is 13.2. The van der Waals surface area contributed by atoms with E-state index in [9.17, 15) is 4.79 Å². The molecule has 2 aliphatic heterocycles. The third-order valence-corrected chi connectivity index (χ3v) is 5.88. The van der Waals surface area contributed by atoms with Gasteiger partial charge in [-0.15, -0.1) is 10.2 Å². The molecule has 160 valence electrons. The maximum Gasteiger partial charge on any atom is 0.247 e. The van der Waals surface area contributed by atoms with Crippen molar-refractivity contribution in [3.8, 4) is 11.5 Å². The van der Waals surface area contributed by atoms with Crippen molar-refractivity contribution in [2.45, 2.75) is 58.0 Å². The molecule has 1 aromatic carbocycles. The average molecular weight is 411 g/mol. The fourth-order valence-corrected chi connectivity index (χ4v) is 4.38. The number of amides is 1. The Morgan fingerprint density at radius 3 is 2.90 bits per heavy atom. The highest BCUT2D eigenvalue weighted by molar-refractivity contribution is 5.92. The van der Waals surface area contributed by atoms with Crippen molar-refractivity contribution < 1.29 is 14.3 Å². The minimum Gasteiger partial charge on any atom is -0.493 e. The number of methoxy groups -OCH3 is 1. The molecule has 0 aliphatic carbocycles. The van der Waals surface area contributed by atoms with Gasteiger partial charge in [0, 0.05) is 25.6 Å². The number of aromatic nitrogens is 3. The number of ether oxygens (including phenoxy) is 2. The monoisotopic (exact) mass is 410 g/mol. The van der Waals surface area contributed by atoms with Crippen LogP contribution in [-0.2, 0) is 17.8 Å². The first-order valence-electron chi connectivity index (χ1n) is 10.9. The predicted octanol–water partition coefficient (Wildman–Crippen LogP) is 3.79. The molecule has 0 bridgehead atoms. The fraction of sp³-hybridized carbons (Fsp3) is 0.522. The molecule has 0 N–H and O–H groups in total. The number of carbonyl (C=O) groups is 1. The Balaban J connectivity index is 1.50. The second-order valence-electron chi connectivity index (χ2n) is 7.80. The third kappa shape index (κ3) is 4.20. The summed E-state index contributed by atoms with van der Waals surface area (Å²) >= 11 is 0. The van der Waals surface area contributed by atoms with Gasteiger partial charge < -0.3 is 18.9 Å². The topological polar surface area (TPSA) is 69.5 Å². The van der Waals surface area contributed by atoms with E-state index < -0.39 is 0 Å². The van der Waals surface area contributed by atoms with Crippen LogP contribution in [0, 0.1) is 0 Å². The van der Waals surface area contributed by atoms with E-state index in [2.05, 4.69) is 14.8 Å². The van der Waals surface area contributed by atoms with E-state index in [1.807, 2.05) is 36.1 Å². The lowest BCUT2D eigenvalue weighted by Crippen LogP contribution is -2.30. The first-order valence-corrected chi connectivity index (χ1v) is 10.9. The zero-order valence-corrected chi connectivity index (χ0v) is 17.8. The molecular formula is C23H30N4O3. The van der Waals surface area contributed by atoms with Gasteiger partial charge >= 0.3 is 0 Å². The zero-order chi connectivity index (χ0) is 20.9. The van der Waals surface area contributed by atoms with E-state index in [4.69, 9.17) is 9.47 Å². The van der Waals surface area contributed by atoms with Crippen molar-refractivity contribution in [1.82, 2.24) is 19.7 Å². The number of hydrogen-bond acceptors (Lipinski definition) is 5. The van der Waals surface area contributed by atoms with Crippen molar-refractivity contribution in [3.63, 3.8) is 0 Å². The summed E-state index contributed by atoms with van der Waals surface area (Å²) in [6.07, 6.45) is 9.93. The minimum absolute atomic E-state index is 0.0105. The first-order chi connectivity index (χ1) is 14.7. The van der Waals surface area contributed by atoms with Crippen LogP contribution < -0.4 is 9.47 Å². The molecule has 7 nitrogen and oxygen atoms in total. The summed E-state index contributed by atoms with van der Waals surface area (Å²) in [5.74, 6) is 3.40. The molecule has 4 rings (SSSR count). The van der Waals surface area contributed by atoms with E-state index >= 15 is 0 Å². The zero-order valence-electron chi connectivity index (χ0n) is 17.8. The highest BCUT2D eigenvalue weighted by atomic mass is 16.5. The molecule has 0 saturated carbocycles. The number of aryl methyl sites for hydroxylation is 1. The highest BCUT2D eigenvalue weighted by Crippen LogP contribution is 2.33. The van der Waals surface area contributed by atoms with Crippen LogP contribution in [-0.4, -0.2) is 45.8 Å². The molecule has 0 spiro atoms. The molecule has 1 fully saturated rings. The lowest BCUT2D eigenvalue weighted by atomic mass is 10.1. The quantitative estimate of drug-likeness (QED) is 0.678. The van der Waals surface area contributed by atoms with Crippen LogP contribution in [0.5, 0.6) is 11.5 Å². The Labute approximate surface area is 177 Å². The summed E-state index contributed by atoms with van der Waals surface area (Å²) in [4.78, 5) is 14.9. The summed E-state index contributed by atoms with van der Waals surface area (Å²) in [6.45, 7) is 4.22. The summed E-state index contributed by atoms with van der Waals surface area (Å²) in [5, 5.41) is 8.91. The number of benzene rings is 1. The van der Waals surface area contributed by atoms with Gasteiger partial charge in [-0.25, -0.2) is 0 Å². The van der Waals surface area contributed by atoms with Crippen LogP contribution >= 0.6 is 0 Å². The molecular weight excluding hydrogens is 380 g/mol. The minimum atomic E-state index is 0.0105.